The van der Waals surface area contributed by atoms with E-state index in [0.717, 1.165) is 12.1 Å². The lowest BCUT2D eigenvalue weighted by Gasteiger charge is -2.10. The Morgan fingerprint density at radius 3 is 2.33 bits per heavy atom. The van der Waals surface area contributed by atoms with Crippen molar-refractivity contribution in [3.8, 4) is 6.07 Å². The highest BCUT2D eigenvalue weighted by molar-refractivity contribution is 6.30. The Balaban J connectivity index is 2.09. The lowest BCUT2D eigenvalue weighted by Crippen LogP contribution is -2.06. The quantitative estimate of drug-likeness (QED) is 0.880. The molecule has 0 aliphatic rings. The van der Waals surface area contributed by atoms with Crippen LogP contribution in [-0.2, 0) is 12.7 Å². The molecule has 0 spiro atoms. The molecule has 0 heterocycles. The van der Waals surface area contributed by atoms with Crippen LogP contribution in [0.2, 0.25) is 5.02 Å². The van der Waals surface area contributed by atoms with Crippen LogP contribution < -0.4 is 5.32 Å². The fraction of sp³-hybridized carbons (Fsp3) is 0.133. The van der Waals surface area contributed by atoms with E-state index in [4.69, 9.17) is 16.9 Å². The molecule has 0 unspecified atom stereocenters. The Bertz CT molecular complexity index is 673. The maximum atomic E-state index is 12.4. The van der Waals surface area contributed by atoms with E-state index < -0.39 is 11.7 Å². The largest absolute Gasteiger partial charge is 0.416 e. The highest BCUT2D eigenvalue weighted by atomic mass is 35.5. The second-order valence-corrected chi connectivity index (χ2v) is 4.79. The van der Waals surface area contributed by atoms with Gasteiger partial charge in [0.05, 0.1) is 16.8 Å². The number of halogens is 4. The molecule has 2 aromatic carbocycles. The first-order valence-electron chi connectivity index (χ1n) is 6.00. The molecule has 0 aliphatic heterocycles. The van der Waals surface area contributed by atoms with Crippen LogP contribution in [0.4, 0.5) is 18.9 Å². The predicted octanol–water partition coefficient (Wildman–Crippen LogP) is 4.84. The Morgan fingerprint density at radius 2 is 1.76 bits per heavy atom. The van der Waals surface area contributed by atoms with E-state index in [0.29, 0.717) is 28.4 Å². The Hall–Kier alpha value is -2.19. The van der Waals surface area contributed by atoms with Crippen molar-refractivity contribution in [2.75, 3.05) is 5.32 Å². The van der Waals surface area contributed by atoms with Gasteiger partial charge in [0, 0.05) is 11.6 Å². The molecule has 2 nitrogen and oxygen atoms in total. The van der Waals surface area contributed by atoms with Crippen LogP contribution in [-0.4, -0.2) is 0 Å². The van der Waals surface area contributed by atoms with Gasteiger partial charge in [-0.3, -0.25) is 0 Å². The van der Waals surface area contributed by atoms with Crippen LogP contribution in [0.15, 0.2) is 42.5 Å². The highest BCUT2D eigenvalue weighted by Gasteiger charge is 2.29. The fourth-order valence-electron chi connectivity index (χ4n) is 1.77. The van der Waals surface area contributed by atoms with Gasteiger partial charge in [-0.2, -0.15) is 18.4 Å². The Morgan fingerprint density at radius 1 is 1.10 bits per heavy atom. The van der Waals surface area contributed by atoms with Gasteiger partial charge in [0.15, 0.2) is 0 Å². The highest BCUT2D eigenvalue weighted by Crippen LogP contribution is 2.29. The molecule has 1 N–H and O–H groups in total. The standard InChI is InChI=1S/C15H10ClF3N2/c16-13-5-6-14(11(7-13)8-20)21-9-10-1-3-12(4-2-10)15(17,18)19/h1-7,21H,9H2. The second kappa shape index (κ2) is 6.06. The minimum atomic E-state index is -4.34. The monoisotopic (exact) mass is 310 g/mol. The number of nitrogens with zero attached hydrogens (tertiary/aromatic N) is 1. The van der Waals surface area contributed by atoms with Gasteiger partial charge in [-0.1, -0.05) is 23.7 Å². The van der Waals surface area contributed by atoms with Crippen molar-refractivity contribution in [3.05, 3.63) is 64.2 Å². The van der Waals surface area contributed by atoms with Crippen LogP contribution in [0.3, 0.4) is 0 Å². The zero-order valence-corrected chi connectivity index (χ0v) is 11.5. The predicted molar refractivity (Wildman–Crippen MR) is 74.9 cm³/mol. The molecule has 2 aromatic rings. The molecule has 0 saturated carbocycles. The molecule has 0 atom stereocenters. The van der Waals surface area contributed by atoms with E-state index in [9.17, 15) is 13.2 Å². The van der Waals surface area contributed by atoms with E-state index in [2.05, 4.69) is 5.32 Å². The smallest absolute Gasteiger partial charge is 0.380 e. The van der Waals surface area contributed by atoms with Crippen LogP contribution >= 0.6 is 11.6 Å². The van der Waals surface area contributed by atoms with Crippen molar-refractivity contribution in [2.45, 2.75) is 12.7 Å². The fourth-order valence-corrected chi connectivity index (χ4v) is 1.94. The van der Waals surface area contributed by atoms with Gasteiger partial charge in [0.25, 0.3) is 0 Å². The second-order valence-electron chi connectivity index (χ2n) is 4.35. The number of nitriles is 1. The maximum absolute atomic E-state index is 12.4. The minimum absolute atomic E-state index is 0.314. The summed E-state index contributed by atoms with van der Waals surface area (Å²) >= 11 is 5.79. The van der Waals surface area contributed by atoms with E-state index in [1.165, 1.54) is 18.2 Å². The molecular formula is C15H10ClF3N2. The first kappa shape index (κ1) is 15.2. The minimum Gasteiger partial charge on any atom is -0.380 e. The van der Waals surface area contributed by atoms with Crippen molar-refractivity contribution < 1.29 is 13.2 Å². The summed E-state index contributed by atoms with van der Waals surface area (Å²) in [5, 5.41) is 12.4. The summed E-state index contributed by atoms with van der Waals surface area (Å²) in [6.45, 7) is 0.314. The number of hydrogen-bond acceptors (Lipinski definition) is 2. The number of hydrogen-bond donors (Lipinski definition) is 1. The van der Waals surface area contributed by atoms with Gasteiger partial charge in [-0.15, -0.1) is 0 Å². The van der Waals surface area contributed by atoms with Crippen molar-refractivity contribution in [1.29, 1.82) is 5.26 Å². The van der Waals surface area contributed by atoms with Crippen molar-refractivity contribution in [1.82, 2.24) is 0 Å². The average molecular weight is 311 g/mol. The van der Waals surface area contributed by atoms with Crippen LogP contribution in [0.5, 0.6) is 0 Å². The number of rotatable bonds is 3. The third-order valence-electron chi connectivity index (χ3n) is 2.87. The maximum Gasteiger partial charge on any atom is 0.416 e. The van der Waals surface area contributed by atoms with Crippen LogP contribution in [0, 0.1) is 11.3 Å². The third-order valence-corrected chi connectivity index (χ3v) is 3.10. The summed E-state index contributed by atoms with van der Waals surface area (Å²) < 4.78 is 37.3. The normalized spacial score (nSPS) is 11.0. The molecule has 0 aliphatic carbocycles. The van der Waals surface area contributed by atoms with Gasteiger partial charge < -0.3 is 5.32 Å². The molecule has 21 heavy (non-hydrogen) atoms. The van der Waals surface area contributed by atoms with Gasteiger partial charge in [-0.25, -0.2) is 0 Å². The summed E-state index contributed by atoms with van der Waals surface area (Å²) in [6.07, 6.45) is -4.34. The van der Waals surface area contributed by atoms with Crippen molar-refractivity contribution in [3.63, 3.8) is 0 Å². The van der Waals surface area contributed by atoms with Gasteiger partial charge in [-0.05, 0) is 35.9 Å². The van der Waals surface area contributed by atoms with Crippen molar-refractivity contribution in [2.24, 2.45) is 0 Å². The number of anilines is 1. The lowest BCUT2D eigenvalue weighted by atomic mass is 10.1. The van der Waals surface area contributed by atoms with E-state index >= 15 is 0 Å². The first-order chi connectivity index (χ1) is 9.90. The summed E-state index contributed by atoms with van der Waals surface area (Å²) in [4.78, 5) is 0. The third kappa shape index (κ3) is 3.89. The Kier molecular flexibility index (Phi) is 4.39. The first-order valence-corrected chi connectivity index (χ1v) is 6.37. The lowest BCUT2D eigenvalue weighted by molar-refractivity contribution is -0.137. The Labute approximate surface area is 124 Å². The summed E-state index contributed by atoms with van der Waals surface area (Å²) in [7, 11) is 0. The number of nitrogens with one attached hydrogen (secondary N) is 1. The molecule has 6 heteroatoms. The molecule has 0 amide bonds. The molecule has 0 saturated heterocycles. The number of benzene rings is 2. The van der Waals surface area contributed by atoms with Crippen molar-refractivity contribution >= 4 is 17.3 Å². The molecule has 0 bridgehead atoms. The zero-order chi connectivity index (χ0) is 15.5. The van der Waals surface area contributed by atoms with Gasteiger partial charge >= 0.3 is 6.18 Å². The van der Waals surface area contributed by atoms with E-state index in [-0.39, 0.29) is 0 Å². The molecule has 0 radical (unpaired) electrons. The summed E-state index contributed by atoms with van der Waals surface area (Å²) in [5.74, 6) is 0. The van der Waals surface area contributed by atoms with Crippen LogP contribution in [0.25, 0.3) is 0 Å². The molecule has 0 fully saturated rings. The summed E-state index contributed by atoms with van der Waals surface area (Å²) in [6, 6.07) is 11.7. The summed E-state index contributed by atoms with van der Waals surface area (Å²) in [5.41, 5.74) is 0.966. The van der Waals surface area contributed by atoms with Gasteiger partial charge in [0.1, 0.15) is 6.07 Å². The number of alkyl halides is 3. The topological polar surface area (TPSA) is 35.8 Å². The average Bonchev–Trinajstić information content (AvgIpc) is 2.45. The van der Waals surface area contributed by atoms with E-state index in [1.54, 1.807) is 12.1 Å². The zero-order valence-electron chi connectivity index (χ0n) is 10.7. The van der Waals surface area contributed by atoms with E-state index in [1.807, 2.05) is 6.07 Å². The SMILES string of the molecule is N#Cc1cc(Cl)ccc1NCc1ccc(C(F)(F)F)cc1. The molecular weight excluding hydrogens is 301 g/mol. The molecule has 2 rings (SSSR count). The van der Waals surface area contributed by atoms with Gasteiger partial charge in [0.2, 0.25) is 0 Å². The molecule has 108 valence electrons. The molecule has 0 aromatic heterocycles. The van der Waals surface area contributed by atoms with Crippen LogP contribution in [0.1, 0.15) is 16.7 Å².